The number of benzene rings is 2. The van der Waals surface area contributed by atoms with Gasteiger partial charge in [0.05, 0.1) is 35.7 Å². The van der Waals surface area contributed by atoms with Crippen molar-refractivity contribution in [2.24, 2.45) is 5.41 Å². The molecule has 10 nitrogen and oxygen atoms in total. The van der Waals surface area contributed by atoms with E-state index in [1.165, 1.54) is 12.1 Å². The van der Waals surface area contributed by atoms with Crippen molar-refractivity contribution < 1.29 is 28.1 Å². The Morgan fingerprint density at radius 3 is 2.58 bits per heavy atom. The number of imidazole rings is 1. The predicted molar refractivity (Wildman–Crippen MR) is 144 cm³/mol. The van der Waals surface area contributed by atoms with Crippen LogP contribution in [0.25, 0.3) is 22.6 Å². The molecule has 40 heavy (non-hydrogen) atoms. The van der Waals surface area contributed by atoms with Gasteiger partial charge >= 0.3 is 6.01 Å². The van der Waals surface area contributed by atoms with Crippen molar-refractivity contribution in [2.45, 2.75) is 19.6 Å². The summed E-state index contributed by atoms with van der Waals surface area (Å²) >= 11 is 0. The topological polar surface area (TPSA) is 120 Å². The van der Waals surface area contributed by atoms with Gasteiger partial charge in [0.25, 0.3) is 0 Å². The molecule has 208 valence electrons. The smallest absolute Gasteiger partial charge is 0.322 e. The number of ether oxygens (including phenoxy) is 4. The first-order chi connectivity index (χ1) is 19.4. The maximum Gasteiger partial charge on any atom is 0.322 e. The number of methoxy groups -OCH3 is 1. The Morgan fingerprint density at radius 2 is 1.85 bits per heavy atom. The van der Waals surface area contributed by atoms with Crippen LogP contribution < -0.4 is 10.1 Å². The molecule has 11 heteroatoms. The van der Waals surface area contributed by atoms with Gasteiger partial charge in [0.2, 0.25) is 12.2 Å². The quantitative estimate of drug-likeness (QED) is 0.275. The van der Waals surface area contributed by atoms with Gasteiger partial charge in [-0.15, -0.1) is 0 Å². The summed E-state index contributed by atoms with van der Waals surface area (Å²) in [4.78, 5) is 29.5. The second kappa shape index (κ2) is 12.3. The highest BCUT2D eigenvalue weighted by molar-refractivity contribution is 5.82. The lowest BCUT2D eigenvalue weighted by Crippen LogP contribution is -2.48. The summed E-state index contributed by atoms with van der Waals surface area (Å²) in [6.07, 6.45) is 1.45. The van der Waals surface area contributed by atoms with E-state index >= 15 is 0 Å². The van der Waals surface area contributed by atoms with Crippen LogP contribution >= 0.6 is 0 Å². The van der Waals surface area contributed by atoms with E-state index < -0.39 is 11.7 Å². The number of H-pyrrole nitrogens is 1. The van der Waals surface area contributed by atoms with Crippen molar-refractivity contribution in [1.82, 2.24) is 25.3 Å². The molecule has 1 aliphatic rings. The van der Waals surface area contributed by atoms with Gasteiger partial charge in [-0.05, 0) is 55.8 Å². The zero-order valence-corrected chi connectivity index (χ0v) is 22.2. The van der Waals surface area contributed by atoms with Crippen LogP contribution in [0.1, 0.15) is 25.5 Å². The van der Waals surface area contributed by atoms with E-state index in [9.17, 15) is 9.18 Å². The Morgan fingerprint density at radius 1 is 1.10 bits per heavy atom. The molecule has 5 rings (SSSR count). The molecule has 1 amide bonds. The Labute approximate surface area is 230 Å². The standard InChI is InChI=1S/C29H30FN5O5/c1-29(27(36)31-14-6-16-37-2)17-38-26(39-18-29)25-34-23(19-9-11-20(30)12-10-19)24(35-25)22-13-15-32-28(33-22)40-21-7-4-3-5-8-21/h3-5,7-13,15,26H,6,14,16-18H2,1-2H3,(H,31,36)(H,34,35). The van der Waals surface area contributed by atoms with Crippen molar-refractivity contribution >= 4 is 5.91 Å². The van der Waals surface area contributed by atoms with Gasteiger partial charge in [0.15, 0.2) is 5.82 Å². The Bertz CT molecular complexity index is 1420. The number of nitrogens with zero attached hydrogens (tertiary/aromatic N) is 3. The molecule has 1 saturated heterocycles. The van der Waals surface area contributed by atoms with E-state index in [2.05, 4.69) is 20.3 Å². The lowest BCUT2D eigenvalue weighted by molar-refractivity contribution is -0.231. The molecule has 2 aromatic carbocycles. The number of nitrogens with one attached hydrogen (secondary N) is 2. The summed E-state index contributed by atoms with van der Waals surface area (Å²) in [5.41, 5.74) is 1.40. The van der Waals surface area contributed by atoms with Crippen LogP contribution in [0.15, 0.2) is 66.9 Å². The minimum absolute atomic E-state index is 0.137. The molecule has 0 radical (unpaired) electrons. The molecule has 4 aromatic rings. The first-order valence-electron chi connectivity index (χ1n) is 12.9. The van der Waals surface area contributed by atoms with Gasteiger partial charge in [0, 0.05) is 32.0 Å². The summed E-state index contributed by atoms with van der Waals surface area (Å²) in [5, 5.41) is 2.91. The first kappa shape index (κ1) is 27.4. The predicted octanol–water partition coefficient (Wildman–Crippen LogP) is 4.67. The number of amides is 1. The number of aromatic nitrogens is 4. The van der Waals surface area contributed by atoms with Crippen molar-refractivity contribution in [3.05, 3.63) is 78.5 Å². The van der Waals surface area contributed by atoms with E-state index in [-0.39, 0.29) is 30.9 Å². The summed E-state index contributed by atoms with van der Waals surface area (Å²) < 4.78 is 36.5. The summed E-state index contributed by atoms with van der Waals surface area (Å²) in [6, 6.07) is 17.1. The van der Waals surface area contributed by atoms with Crippen molar-refractivity contribution in [3.8, 4) is 34.4 Å². The van der Waals surface area contributed by atoms with E-state index in [1.54, 1.807) is 50.6 Å². The summed E-state index contributed by atoms with van der Waals surface area (Å²) in [6.45, 7) is 3.14. The Balaban J connectivity index is 1.38. The zero-order valence-electron chi connectivity index (χ0n) is 22.2. The third-order valence-electron chi connectivity index (χ3n) is 6.37. The number of hydrogen-bond acceptors (Lipinski definition) is 8. The fourth-order valence-corrected chi connectivity index (χ4v) is 4.16. The van der Waals surface area contributed by atoms with Crippen LogP contribution in [-0.4, -0.2) is 59.3 Å². The average Bonchev–Trinajstić information content (AvgIpc) is 3.42. The Hall–Kier alpha value is -4.19. The van der Waals surface area contributed by atoms with Crippen LogP contribution in [0.5, 0.6) is 11.8 Å². The van der Waals surface area contributed by atoms with Gasteiger partial charge in [-0.3, -0.25) is 4.79 Å². The van der Waals surface area contributed by atoms with Crippen LogP contribution in [0.2, 0.25) is 0 Å². The van der Waals surface area contributed by atoms with E-state index in [4.69, 9.17) is 23.9 Å². The summed E-state index contributed by atoms with van der Waals surface area (Å²) in [5.74, 6) is 0.473. The number of para-hydroxylation sites is 1. The van der Waals surface area contributed by atoms with Crippen molar-refractivity contribution in [2.75, 3.05) is 33.5 Å². The van der Waals surface area contributed by atoms with E-state index in [1.807, 2.05) is 18.2 Å². The van der Waals surface area contributed by atoms with Gasteiger partial charge in [-0.25, -0.2) is 14.4 Å². The molecular weight excluding hydrogens is 517 g/mol. The number of carbonyl (C=O) groups is 1. The molecule has 1 aliphatic heterocycles. The van der Waals surface area contributed by atoms with E-state index in [0.29, 0.717) is 53.8 Å². The maximum atomic E-state index is 13.7. The fraction of sp³-hybridized carbons (Fsp3) is 0.310. The molecule has 3 heterocycles. The summed E-state index contributed by atoms with van der Waals surface area (Å²) in [7, 11) is 1.62. The van der Waals surface area contributed by atoms with Crippen LogP contribution in [0.4, 0.5) is 4.39 Å². The van der Waals surface area contributed by atoms with Crippen LogP contribution in [-0.2, 0) is 19.0 Å². The number of carbonyl (C=O) groups excluding carboxylic acids is 1. The zero-order chi connectivity index (χ0) is 28.0. The highest BCUT2D eigenvalue weighted by atomic mass is 19.1. The minimum atomic E-state index is -0.852. The molecule has 0 bridgehead atoms. The third kappa shape index (κ3) is 6.33. The molecule has 0 unspecified atom stereocenters. The molecule has 0 spiro atoms. The lowest BCUT2D eigenvalue weighted by Gasteiger charge is -2.35. The fourth-order valence-electron chi connectivity index (χ4n) is 4.16. The third-order valence-corrected chi connectivity index (χ3v) is 6.37. The van der Waals surface area contributed by atoms with E-state index in [0.717, 1.165) is 0 Å². The highest BCUT2D eigenvalue weighted by Gasteiger charge is 2.40. The number of halogens is 1. The number of aromatic amines is 1. The van der Waals surface area contributed by atoms with Crippen LogP contribution in [0, 0.1) is 11.2 Å². The Kier molecular flexibility index (Phi) is 8.44. The monoisotopic (exact) mass is 547 g/mol. The first-order valence-corrected chi connectivity index (χ1v) is 12.9. The van der Waals surface area contributed by atoms with Gasteiger partial charge in [-0.1, -0.05) is 18.2 Å². The molecule has 0 aliphatic carbocycles. The second-order valence-electron chi connectivity index (χ2n) is 9.61. The molecule has 2 aromatic heterocycles. The highest BCUT2D eigenvalue weighted by Crippen LogP contribution is 2.36. The van der Waals surface area contributed by atoms with Gasteiger partial charge in [0.1, 0.15) is 11.6 Å². The largest absolute Gasteiger partial charge is 0.424 e. The van der Waals surface area contributed by atoms with Crippen LogP contribution in [0.3, 0.4) is 0 Å². The SMILES string of the molecule is COCCCNC(=O)C1(C)COC(c2nc(-c3ccc(F)cc3)c(-c3ccnc(Oc4ccccc4)n3)[nH]2)OC1. The van der Waals surface area contributed by atoms with Crippen molar-refractivity contribution in [3.63, 3.8) is 0 Å². The van der Waals surface area contributed by atoms with Gasteiger partial charge in [-0.2, -0.15) is 4.98 Å². The second-order valence-corrected chi connectivity index (χ2v) is 9.61. The molecule has 0 atom stereocenters. The molecular formula is C29H30FN5O5. The minimum Gasteiger partial charge on any atom is -0.424 e. The molecule has 0 saturated carbocycles. The normalized spacial score (nSPS) is 18.8. The lowest BCUT2D eigenvalue weighted by atomic mass is 9.91. The average molecular weight is 548 g/mol. The molecule has 1 fully saturated rings. The number of hydrogen-bond donors (Lipinski definition) is 2. The maximum absolute atomic E-state index is 13.7. The van der Waals surface area contributed by atoms with Gasteiger partial charge < -0.3 is 29.2 Å². The van der Waals surface area contributed by atoms with Crippen molar-refractivity contribution in [1.29, 1.82) is 0 Å². The number of rotatable bonds is 10. The molecule has 2 N–H and O–H groups in total.